The minimum atomic E-state index is 0.935. The fraction of sp³-hybridized carbons (Fsp3) is 0.200. The van der Waals surface area contributed by atoms with Crippen LogP contribution in [0.4, 0.5) is 5.13 Å². The largest absolute Gasteiger partial charge is 0.365 e. The standard InChI is InChI=1S/C15H15N3S/c1-9-5-4-6-11-12(7-10(2)17-14(9)11)13-8-19-15(16-3)18-13/h4-8H,1-3H3,(H,16,18). The molecular weight excluding hydrogens is 254 g/mol. The van der Waals surface area contributed by atoms with Crippen molar-refractivity contribution in [3.05, 3.63) is 40.9 Å². The summed E-state index contributed by atoms with van der Waals surface area (Å²) in [4.78, 5) is 9.25. The molecule has 0 saturated carbocycles. The van der Waals surface area contributed by atoms with Gasteiger partial charge in [0.2, 0.25) is 0 Å². The van der Waals surface area contributed by atoms with E-state index in [2.05, 4.69) is 51.9 Å². The van der Waals surface area contributed by atoms with Gasteiger partial charge in [0.15, 0.2) is 5.13 Å². The van der Waals surface area contributed by atoms with Crippen molar-refractivity contribution in [3.8, 4) is 11.3 Å². The predicted octanol–water partition coefficient (Wildman–Crippen LogP) is 4.02. The number of para-hydroxylation sites is 1. The molecule has 96 valence electrons. The zero-order valence-electron chi connectivity index (χ0n) is 11.2. The number of anilines is 1. The second-order valence-electron chi connectivity index (χ2n) is 4.57. The Morgan fingerprint density at radius 1 is 1.16 bits per heavy atom. The maximum Gasteiger partial charge on any atom is 0.182 e. The number of aromatic nitrogens is 2. The Morgan fingerprint density at radius 2 is 2.00 bits per heavy atom. The zero-order chi connectivity index (χ0) is 13.4. The first-order valence-corrected chi connectivity index (χ1v) is 7.07. The normalized spacial score (nSPS) is 10.9. The van der Waals surface area contributed by atoms with Crippen LogP contribution < -0.4 is 5.32 Å². The lowest BCUT2D eigenvalue weighted by molar-refractivity contribution is 1.24. The van der Waals surface area contributed by atoms with Gasteiger partial charge in [-0.1, -0.05) is 18.2 Å². The fourth-order valence-corrected chi connectivity index (χ4v) is 2.92. The summed E-state index contributed by atoms with van der Waals surface area (Å²) in [5, 5.41) is 7.27. The number of aryl methyl sites for hydroxylation is 2. The van der Waals surface area contributed by atoms with Crippen LogP contribution in [0, 0.1) is 13.8 Å². The van der Waals surface area contributed by atoms with Crippen LogP contribution in [0.2, 0.25) is 0 Å². The first-order valence-electron chi connectivity index (χ1n) is 6.19. The molecule has 0 fully saturated rings. The number of hydrogen-bond donors (Lipinski definition) is 1. The van der Waals surface area contributed by atoms with Crippen LogP contribution >= 0.6 is 11.3 Å². The summed E-state index contributed by atoms with van der Waals surface area (Å²) in [6, 6.07) is 8.39. The van der Waals surface area contributed by atoms with Gasteiger partial charge in [0.25, 0.3) is 0 Å². The average Bonchev–Trinajstić information content (AvgIpc) is 2.88. The summed E-state index contributed by atoms with van der Waals surface area (Å²) in [5.74, 6) is 0. The minimum Gasteiger partial charge on any atom is -0.365 e. The zero-order valence-corrected chi connectivity index (χ0v) is 12.0. The van der Waals surface area contributed by atoms with E-state index in [0.717, 1.165) is 27.6 Å². The highest BCUT2D eigenvalue weighted by Gasteiger charge is 2.10. The van der Waals surface area contributed by atoms with Gasteiger partial charge in [0.05, 0.1) is 11.2 Å². The van der Waals surface area contributed by atoms with Crippen LogP contribution in [0.5, 0.6) is 0 Å². The Hall–Kier alpha value is -1.94. The summed E-state index contributed by atoms with van der Waals surface area (Å²) in [6.45, 7) is 4.12. The van der Waals surface area contributed by atoms with E-state index in [4.69, 9.17) is 0 Å². The molecule has 0 atom stereocenters. The van der Waals surface area contributed by atoms with Crippen molar-refractivity contribution in [2.45, 2.75) is 13.8 Å². The van der Waals surface area contributed by atoms with Crippen LogP contribution in [0.25, 0.3) is 22.2 Å². The number of nitrogens with one attached hydrogen (secondary N) is 1. The molecular formula is C15H15N3S. The van der Waals surface area contributed by atoms with E-state index in [9.17, 15) is 0 Å². The second-order valence-corrected chi connectivity index (χ2v) is 5.43. The molecule has 0 unspecified atom stereocenters. The van der Waals surface area contributed by atoms with E-state index < -0.39 is 0 Å². The van der Waals surface area contributed by atoms with Crippen LogP contribution in [-0.4, -0.2) is 17.0 Å². The van der Waals surface area contributed by atoms with Crippen molar-refractivity contribution in [2.24, 2.45) is 0 Å². The molecule has 0 saturated heterocycles. The first kappa shape index (κ1) is 12.1. The summed E-state index contributed by atoms with van der Waals surface area (Å²) in [7, 11) is 1.89. The minimum absolute atomic E-state index is 0.935. The molecule has 0 radical (unpaired) electrons. The lowest BCUT2D eigenvalue weighted by atomic mass is 10.0. The van der Waals surface area contributed by atoms with Crippen LogP contribution in [0.15, 0.2) is 29.6 Å². The highest BCUT2D eigenvalue weighted by atomic mass is 32.1. The molecule has 1 aromatic carbocycles. The van der Waals surface area contributed by atoms with Gasteiger partial charge in [-0.2, -0.15) is 0 Å². The summed E-state index contributed by atoms with van der Waals surface area (Å²) in [5.41, 5.74) is 5.46. The number of nitrogens with zero attached hydrogens (tertiary/aromatic N) is 2. The van der Waals surface area contributed by atoms with Gasteiger partial charge in [-0.3, -0.25) is 4.98 Å². The van der Waals surface area contributed by atoms with Crippen molar-refractivity contribution < 1.29 is 0 Å². The number of fused-ring (bicyclic) bond motifs is 1. The number of rotatable bonds is 2. The van der Waals surface area contributed by atoms with E-state index in [1.54, 1.807) is 11.3 Å². The monoisotopic (exact) mass is 269 g/mol. The van der Waals surface area contributed by atoms with Crippen molar-refractivity contribution in [3.63, 3.8) is 0 Å². The first-order chi connectivity index (χ1) is 9.19. The van der Waals surface area contributed by atoms with E-state index in [1.165, 1.54) is 10.9 Å². The SMILES string of the molecule is CNc1nc(-c2cc(C)nc3c(C)cccc23)cs1. The van der Waals surface area contributed by atoms with Crippen molar-refractivity contribution in [1.82, 2.24) is 9.97 Å². The number of thiazole rings is 1. The molecule has 0 aliphatic carbocycles. The Balaban J connectivity index is 2.31. The average molecular weight is 269 g/mol. The van der Waals surface area contributed by atoms with E-state index in [0.29, 0.717) is 0 Å². The summed E-state index contributed by atoms with van der Waals surface area (Å²) in [6.07, 6.45) is 0. The quantitative estimate of drug-likeness (QED) is 0.763. The third-order valence-corrected chi connectivity index (χ3v) is 4.02. The topological polar surface area (TPSA) is 37.8 Å². The molecule has 3 aromatic rings. The molecule has 4 heteroatoms. The van der Waals surface area contributed by atoms with Gasteiger partial charge in [-0.05, 0) is 25.5 Å². The van der Waals surface area contributed by atoms with Crippen LogP contribution in [0.3, 0.4) is 0 Å². The van der Waals surface area contributed by atoms with Gasteiger partial charge in [-0.15, -0.1) is 11.3 Å². The number of pyridine rings is 1. The van der Waals surface area contributed by atoms with Gasteiger partial charge < -0.3 is 5.32 Å². The molecule has 0 aliphatic heterocycles. The second kappa shape index (κ2) is 4.63. The van der Waals surface area contributed by atoms with E-state index >= 15 is 0 Å². The highest BCUT2D eigenvalue weighted by molar-refractivity contribution is 7.14. The smallest absolute Gasteiger partial charge is 0.182 e. The van der Waals surface area contributed by atoms with E-state index in [1.807, 2.05) is 14.0 Å². The Kier molecular flexibility index (Phi) is 2.95. The Labute approximate surface area is 116 Å². The lowest BCUT2D eigenvalue weighted by Gasteiger charge is -2.07. The number of benzene rings is 1. The third-order valence-electron chi connectivity index (χ3n) is 3.16. The molecule has 0 bridgehead atoms. The van der Waals surface area contributed by atoms with Gasteiger partial charge >= 0.3 is 0 Å². The van der Waals surface area contributed by atoms with Crippen molar-refractivity contribution in [1.29, 1.82) is 0 Å². The van der Waals surface area contributed by atoms with Gasteiger partial charge in [0, 0.05) is 29.1 Å². The maximum absolute atomic E-state index is 4.65. The van der Waals surface area contributed by atoms with Crippen molar-refractivity contribution >= 4 is 27.4 Å². The molecule has 3 nitrogen and oxygen atoms in total. The number of hydrogen-bond acceptors (Lipinski definition) is 4. The third kappa shape index (κ3) is 2.08. The molecule has 19 heavy (non-hydrogen) atoms. The summed E-state index contributed by atoms with van der Waals surface area (Å²) >= 11 is 1.62. The molecule has 2 aromatic heterocycles. The molecule has 0 spiro atoms. The summed E-state index contributed by atoms with van der Waals surface area (Å²) < 4.78 is 0. The highest BCUT2D eigenvalue weighted by Crippen LogP contribution is 2.31. The van der Waals surface area contributed by atoms with Crippen molar-refractivity contribution in [2.75, 3.05) is 12.4 Å². The van der Waals surface area contributed by atoms with Gasteiger partial charge in [0.1, 0.15) is 0 Å². The Bertz CT molecular complexity index is 746. The maximum atomic E-state index is 4.65. The van der Waals surface area contributed by atoms with E-state index in [-0.39, 0.29) is 0 Å². The molecule has 0 amide bonds. The molecule has 2 heterocycles. The van der Waals surface area contributed by atoms with Gasteiger partial charge in [-0.25, -0.2) is 4.98 Å². The predicted molar refractivity (Wildman–Crippen MR) is 81.9 cm³/mol. The fourth-order valence-electron chi connectivity index (χ4n) is 2.24. The Morgan fingerprint density at radius 3 is 2.74 bits per heavy atom. The lowest BCUT2D eigenvalue weighted by Crippen LogP contribution is -1.91. The van der Waals surface area contributed by atoms with Crippen LogP contribution in [0.1, 0.15) is 11.3 Å². The molecule has 3 rings (SSSR count). The van der Waals surface area contributed by atoms with Crippen LogP contribution in [-0.2, 0) is 0 Å². The molecule has 0 aliphatic rings. The molecule has 1 N–H and O–H groups in total.